The summed E-state index contributed by atoms with van der Waals surface area (Å²) in [5.74, 6) is -0.783. The highest BCUT2D eigenvalue weighted by atomic mass is 16.3. The number of nitrogens with one attached hydrogen (secondary N) is 2. The first-order chi connectivity index (χ1) is 15.3. The van der Waals surface area contributed by atoms with Crippen LogP contribution in [0.15, 0.2) is 64.8 Å². The fourth-order valence-corrected chi connectivity index (χ4v) is 2.76. The Balaban J connectivity index is 1.69. The van der Waals surface area contributed by atoms with Crippen molar-refractivity contribution in [3.8, 4) is 11.5 Å². The van der Waals surface area contributed by atoms with E-state index in [2.05, 4.69) is 26.0 Å². The van der Waals surface area contributed by atoms with Crippen molar-refractivity contribution >= 4 is 24.2 Å². The molecule has 162 valence electrons. The van der Waals surface area contributed by atoms with Gasteiger partial charge in [0.25, 0.3) is 11.8 Å². The quantitative estimate of drug-likeness (QED) is 0.351. The molecule has 0 atom stereocenters. The molecule has 3 rings (SSSR count). The number of benzene rings is 2. The Hall–Kier alpha value is -4.53. The lowest BCUT2D eigenvalue weighted by atomic mass is 10.1. The average Bonchev–Trinajstić information content (AvgIpc) is 2.76. The predicted molar refractivity (Wildman–Crippen MR) is 120 cm³/mol. The van der Waals surface area contributed by atoms with E-state index in [1.807, 2.05) is 0 Å². The Morgan fingerprint density at radius 2 is 1.12 bits per heavy atom. The molecule has 0 radical (unpaired) electrons. The predicted octanol–water partition coefficient (Wildman–Crippen LogP) is 2.64. The molecular formula is C23H21N5O4. The number of aryl methyl sites for hydroxylation is 2. The zero-order valence-electron chi connectivity index (χ0n) is 17.4. The molecule has 4 N–H and O–H groups in total. The number of hydrogen-bond donors (Lipinski definition) is 4. The van der Waals surface area contributed by atoms with E-state index < -0.39 is 11.8 Å². The minimum absolute atomic E-state index is 0.130. The highest BCUT2D eigenvalue weighted by Crippen LogP contribution is 2.13. The van der Waals surface area contributed by atoms with Crippen molar-refractivity contribution in [2.75, 3.05) is 0 Å². The fraction of sp³-hybridized carbons (Fsp3) is 0.0870. The monoisotopic (exact) mass is 431 g/mol. The minimum Gasteiger partial charge on any atom is -0.508 e. The molecule has 0 saturated carbocycles. The van der Waals surface area contributed by atoms with Crippen molar-refractivity contribution in [3.05, 3.63) is 88.2 Å². The van der Waals surface area contributed by atoms with Crippen molar-refractivity contribution < 1.29 is 19.8 Å². The number of carbonyl (C=O) groups is 2. The second-order valence-electron chi connectivity index (χ2n) is 6.84. The summed E-state index contributed by atoms with van der Waals surface area (Å²) in [6.07, 6.45) is 2.86. The normalized spacial score (nSPS) is 11.1. The first-order valence-electron chi connectivity index (χ1n) is 9.56. The zero-order chi connectivity index (χ0) is 23.1. The first kappa shape index (κ1) is 22.2. The second kappa shape index (κ2) is 9.98. The number of aromatic hydroxyl groups is 2. The summed E-state index contributed by atoms with van der Waals surface area (Å²) in [7, 11) is 0. The summed E-state index contributed by atoms with van der Waals surface area (Å²) in [5.41, 5.74) is 7.48. The van der Waals surface area contributed by atoms with Crippen LogP contribution in [0.25, 0.3) is 0 Å². The minimum atomic E-state index is -0.522. The number of phenols is 2. The van der Waals surface area contributed by atoms with Gasteiger partial charge in [-0.05, 0) is 79.6 Å². The largest absolute Gasteiger partial charge is 0.508 e. The van der Waals surface area contributed by atoms with E-state index in [0.717, 1.165) is 0 Å². The molecule has 1 aromatic heterocycles. The molecule has 2 amide bonds. The van der Waals surface area contributed by atoms with Gasteiger partial charge in [0.1, 0.15) is 11.5 Å². The van der Waals surface area contributed by atoms with Crippen molar-refractivity contribution in [3.63, 3.8) is 0 Å². The van der Waals surface area contributed by atoms with Gasteiger partial charge >= 0.3 is 0 Å². The van der Waals surface area contributed by atoms with E-state index >= 15 is 0 Å². The molecular weight excluding hydrogens is 410 g/mol. The Labute approximate surface area is 184 Å². The van der Waals surface area contributed by atoms with Crippen LogP contribution >= 0.6 is 0 Å². The Morgan fingerprint density at radius 1 is 0.750 bits per heavy atom. The Kier molecular flexibility index (Phi) is 6.92. The lowest BCUT2D eigenvalue weighted by molar-refractivity contribution is 0.0954. The molecule has 0 fully saturated rings. The summed E-state index contributed by atoms with van der Waals surface area (Å²) < 4.78 is 0. The van der Waals surface area contributed by atoms with E-state index in [1.165, 1.54) is 42.8 Å². The van der Waals surface area contributed by atoms with Crippen LogP contribution < -0.4 is 10.9 Å². The van der Waals surface area contributed by atoms with Crippen LogP contribution in [-0.2, 0) is 0 Å². The molecule has 32 heavy (non-hydrogen) atoms. The number of nitrogens with zero attached hydrogens (tertiary/aromatic N) is 3. The van der Waals surface area contributed by atoms with Crippen LogP contribution in [0.5, 0.6) is 11.5 Å². The third-order valence-corrected chi connectivity index (χ3v) is 4.44. The standard InChI is InChI=1S/C23H21N5O4/c1-14-20(22(31)27-24-12-16-3-7-18(29)8-4-16)11-21(15(2)26-14)23(32)28-25-13-17-5-9-19(30)10-6-17/h3-13,29-30H,1-2H3,(H,27,31)(H,28,32). The molecule has 2 aromatic carbocycles. The van der Waals surface area contributed by atoms with Crippen LogP contribution in [0.4, 0.5) is 0 Å². The fourth-order valence-electron chi connectivity index (χ4n) is 2.76. The smallest absolute Gasteiger partial charge is 0.273 e. The molecule has 1 heterocycles. The number of aromatic nitrogens is 1. The third-order valence-electron chi connectivity index (χ3n) is 4.44. The lowest BCUT2D eigenvalue weighted by Gasteiger charge is -2.09. The molecule has 0 bridgehead atoms. The summed E-state index contributed by atoms with van der Waals surface area (Å²) >= 11 is 0. The number of carbonyl (C=O) groups excluding carboxylic acids is 2. The summed E-state index contributed by atoms with van der Waals surface area (Å²) in [5, 5.41) is 26.4. The number of phenolic OH excluding ortho intramolecular Hbond substituents is 2. The van der Waals surface area contributed by atoms with Gasteiger partial charge in [-0.25, -0.2) is 10.9 Å². The van der Waals surface area contributed by atoms with Gasteiger partial charge in [0, 0.05) is 0 Å². The molecule has 0 aliphatic carbocycles. The van der Waals surface area contributed by atoms with Crippen molar-refractivity contribution in [2.24, 2.45) is 10.2 Å². The maximum Gasteiger partial charge on any atom is 0.273 e. The van der Waals surface area contributed by atoms with Crippen LogP contribution in [0.3, 0.4) is 0 Å². The van der Waals surface area contributed by atoms with Gasteiger partial charge in [0.2, 0.25) is 0 Å². The third kappa shape index (κ3) is 5.76. The molecule has 0 spiro atoms. The molecule has 0 saturated heterocycles. The van der Waals surface area contributed by atoms with Gasteiger partial charge < -0.3 is 10.2 Å². The molecule has 9 nitrogen and oxygen atoms in total. The van der Waals surface area contributed by atoms with Gasteiger partial charge in [-0.3, -0.25) is 14.6 Å². The topological polar surface area (TPSA) is 136 Å². The maximum absolute atomic E-state index is 12.5. The van der Waals surface area contributed by atoms with E-state index in [1.54, 1.807) is 38.1 Å². The molecule has 3 aromatic rings. The highest BCUT2D eigenvalue weighted by molar-refractivity contribution is 6.01. The average molecular weight is 431 g/mol. The summed E-state index contributed by atoms with van der Waals surface area (Å²) in [6, 6.07) is 14.0. The van der Waals surface area contributed by atoms with E-state index in [9.17, 15) is 19.8 Å². The Bertz CT molecular complexity index is 1100. The van der Waals surface area contributed by atoms with Gasteiger partial charge in [-0.2, -0.15) is 10.2 Å². The highest BCUT2D eigenvalue weighted by Gasteiger charge is 2.17. The van der Waals surface area contributed by atoms with Gasteiger partial charge in [-0.1, -0.05) is 0 Å². The molecule has 0 aliphatic heterocycles. The second-order valence-corrected chi connectivity index (χ2v) is 6.84. The SMILES string of the molecule is Cc1nc(C)c(C(=O)NN=Cc2ccc(O)cc2)cc1C(=O)NN=Cc1ccc(O)cc1. The van der Waals surface area contributed by atoms with Crippen LogP contribution in [0.2, 0.25) is 0 Å². The molecule has 0 aliphatic rings. The molecule has 0 unspecified atom stereocenters. The zero-order valence-corrected chi connectivity index (χ0v) is 17.4. The number of hydrogen-bond acceptors (Lipinski definition) is 7. The number of pyridine rings is 1. The summed E-state index contributed by atoms with van der Waals surface area (Å²) in [4.78, 5) is 29.4. The van der Waals surface area contributed by atoms with E-state index in [-0.39, 0.29) is 22.6 Å². The Morgan fingerprint density at radius 3 is 1.50 bits per heavy atom. The van der Waals surface area contributed by atoms with Crippen molar-refractivity contribution in [1.29, 1.82) is 0 Å². The molecule has 9 heteroatoms. The van der Waals surface area contributed by atoms with Crippen LogP contribution in [-0.4, -0.2) is 39.4 Å². The summed E-state index contributed by atoms with van der Waals surface area (Å²) in [6.45, 7) is 3.33. The van der Waals surface area contributed by atoms with Gasteiger partial charge in [0.15, 0.2) is 0 Å². The van der Waals surface area contributed by atoms with Crippen LogP contribution in [0, 0.1) is 13.8 Å². The number of hydrazone groups is 2. The number of rotatable bonds is 6. The van der Waals surface area contributed by atoms with Crippen molar-refractivity contribution in [1.82, 2.24) is 15.8 Å². The number of amides is 2. The van der Waals surface area contributed by atoms with E-state index in [0.29, 0.717) is 22.5 Å². The first-order valence-corrected chi connectivity index (χ1v) is 9.56. The van der Waals surface area contributed by atoms with Crippen molar-refractivity contribution in [2.45, 2.75) is 13.8 Å². The van der Waals surface area contributed by atoms with Gasteiger partial charge in [0.05, 0.1) is 34.9 Å². The maximum atomic E-state index is 12.5. The lowest BCUT2D eigenvalue weighted by Crippen LogP contribution is -2.23. The van der Waals surface area contributed by atoms with Gasteiger partial charge in [-0.15, -0.1) is 0 Å². The van der Waals surface area contributed by atoms with Crippen LogP contribution in [0.1, 0.15) is 43.2 Å². The van der Waals surface area contributed by atoms with E-state index in [4.69, 9.17) is 0 Å².